The Morgan fingerprint density at radius 2 is 1.14 bits per heavy atom. The third-order valence-corrected chi connectivity index (χ3v) is 0. The Bertz CT molecular complexity index is 94.9. The average molecular weight is 267 g/mol. The average Bonchev–Trinajstić information content (AvgIpc) is 0.722. The van der Waals surface area contributed by atoms with E-state index in [-0.39, 0.29) is 39.4 Å². The topological polar surface area (TPSA) is 80.3 Å². The van der Waals surface area contributed by atoms with E-state index in [0.29, 0.717) is 0 Å². The van der Waals surface area contributed by atoms with Crippen LogP contribution in [0.5, 0.6) is 0 Å². The molecule has 0 aliphatic rings. The maximum Gasteiger partial charge on any atom is 1.00 e. The Balaban J connectivity index is -0.0000000800. The maximum atomic E-state index is 8.52. The molecule has 0 saturated carbocycles. The van der Waals surface area contributed by atoms with Crippen molar-refractivity contribution in [1.29, 1.82) is 0 Å². The molecule has 4 nitrogen and oxygen atoms in total. The second-order valence-corrected chi connectivity index (χ2v) is 1.22. The van der Waals surface area contributed by atoms with E-state index in [2.05, 4.69) is 0 Å². The van der Waals surface area contributed by atoms with Crippen molar-refractivity contribution >= 4 is 10.4 Å². The van der Waals surface area contributed by atoms with Gasteiger partial charge in [0.2, 0.25) is 0 Å². The summed E-state index contributed by atoms with van der Waals surface area (Å²) in [6, 6.07) is 0. The van der Waals surface area contributed by atoms with E-state index in [1.54, 1.807) is 0 Å². The van der Waals surface area contributed by atoms with Gasteiger partial charge in [0.1, 0.15) is 0 Å². The first kappa shape index (κ1) is 15.7. The van der Waals surface area contributed by atoms with Gasteiger partial charge in [0.15, 0.2) is 0 Å². The van der Waals surface area contributed by atoms with Crippen LogP contribution in [-0.4, -0.2) is 17.5 Å². The molecule has 0 aromatic heterocycles. The van der Waals surface area contributed by atoms with Gasteiger partial charge >= 0.3 is 39.4 Å². The molecule has 0 saturated heterocycles. The summed E-state index contributed by atoms with van der Waals surface area (Å²) in [7, 11) is -5.17. The molecule has 7 heteroatoms. The fraction of sp³-hybridized carbons (Fsp3) is 0. The smallest absolute Gasteiger partial charge is 0.759 e. The first-order valence-electron chi connectivity index (χ1n) is 0.667. The van der Waals surface area contributed by atoms with Gasteiger partial charge in [-0.3, -0.25) is 8.42 Å². The Labute approximate surface area is 67.2 Å². The Hall–Kier alpha value is 1.13. The third-order valence-electron chi connectivity index (χ3n) is 0. The van der Waals surface area contributed by atoms with Crippen LogP contribution >= 0.6 is 0 Å². The zero-order chi connectivity index (χ0) is 4.50. The molecule has 0 bridgehead atoms. The predicted octanol–water partition coefficient (Wildman–Crippen LogP) is -1.34. The zero-order valence-electron chi connectivity index (χ0n) is 2.64. The SMILES string of the molecule is O=S(=O)([O-])[O-].[Ag+].[Cu+]. The van der Waals surface area contributed by atoms with Crippen molar-refractivity contribution in [1.82, 2.24) is 0 Å². The number of hydrogen-bond donors (Lipinski definition) is 0. The number of hydrogen-bond acceptors (Lipinski definition) is 4. The molecule has 0 amide bonds. The minimum Gasteiger partial charge on any atom is -0.759 e. The van der Waals surface area contributed by atoms with Crippen molar-refractivity contribution in [2.24, 2.45) is 0 Å². The summed E-state index contributed by atoms with van der Waals surface area (Å²) in [6.07, 6.45) is 0. The second-order valence-electron chi connectivity index (χ2n) is 0.408. The fourth-order valence-corrected chi connectivity index (χ4v) is 0. The van der Waals surface area contributed by atoms with Crippen LogP contribution in [0, 0.1) is 0 Å². The fourth-order valence-electron chi connectivity index (χ4n) is 0. The van der Waals surface area contributed by atoms with Crippen molar-refractivity contribution in [2.45, 2.75) is 0 Å². The quantitative estimate of drug-likeness (QED) is 0.309. The van der Waals surface area contributed by atoms with Crippen LogP contribution in [0.1, 0.15) is 0 Å². The maximum absolute atomic E-state index is 8.52. The Kier molecular flexibility index (Phi) is 11.8. The predicted molar refractivity (Wildman–Crippen MR) is 10.5 cm³/mol. The van der Waals surface area contributed by atoms with Gasteiger partial charge in [-0.25, -0.2) is 0 Å². The van der Waals surface area contributed by atoms with Gasteiger partial charge in [-0.15, -0.1) is 0 Å². The van der Waals surface area contributed by atoms with Crippen LogP contribution in [0.4, 0.5) is 0 Å². The molecule has 0 N–H and O–H groups in total. The van der Waals surface area contributed by atoms with Gasteiger partial charge in [-0.05, 0) is 0 Å². The van der Waals surface area contributed by atoms with Crippen LogP contribution in [0.2, 0.25) is 0 Å². The molecule has 7 heavy (non-hydrogen) atoms. The van der Waals surface area contributed by atoms with Gasteiger partial charge in [0.25, 0.3) is 0 Å². The minimum absolute atomic E-state index is 0. The monoisotopic (exact) mass is 266 g/mol. The van der Waals surface area contributed by atoms with Crippen molar-refractivity contribution in [3.05, 3.63) is 0 Å². The van der Waals surface area contributed by atoms with Crippen LogP contribution < -0.4 is 0 Å². The molecular weight excluding hydrogens is 267 g/mol. The molecular formula is AgCuO4S. The van der Waals surface area contributed by atoms with Crippen molar-refractivity contribution < 1.29 is 57.0 Å². The van der Waals surface area contributed by atoms with Crippen LogP contribution in [0.3, 0.4) is 0 Å². The van der Waals surface area contributed by atoms with E-state index in [1.165, 1.54) is 0 Å². The molecule has 0 fully saturated rings. The minimum atomic E-state index is -5.17. The van der Waals surface area contributed by atoms with E-state index < -0.39 is 10.4 Å². The van der Waals surface area contributed by atoms with Gasteiger partial charge in [0.05, 0.1) is 0 Å². The zero-order valence-corrected chi connectivity index (χ0v) is 5.88. The van der Waals surface area contributed by atoms with E-state index in [0.717, 1.165) is 0 Å². The second kappa shape index (κ2) is 5.27. The number of rotatable bonds is 0. The first-order chi connectivity index (χ1) is 2.00. The molecule has 0 aliphatic heterocycles. The van der Waals surface area contributed by atoms with E-state index in [9.17, 15) is 0 Å². The van der Waals surface area contributed by atoms with Crippen LogP contribution in [-0.2, 0) is 49.8 Å². The molecule has 0 unspecified atom stereocenters. The molecule has 0 aromatic carbocycles. The molecule has 0 aromatic rings. The van der Waals surface area contributed by atoms with Crippen molar-refractivity contribution in [3.63, 3.8) is 0 Å². The first-order valence-corrected chi connectivity index (χ1v) is 2.00. The molecule has 0 spiro atoms. The van der Waals surface area contributed by atoms with Gasteiger partial charge in [-0.1, -0.05) is 0 Å². The molecule has 0 atom stereocenters. The summed E-state index contributed by atoms with van der Waals surface area (Å²) in [5.74, 6) is 0. The van der Waals surface area contributed by atoms with E-state index in [4.69, 9.17) is 17.5 Å². The normalized spacial score (nSPS) is 8.29. The third kappa shape index (κ3) is 147. The Morgan fingerprint density at radius 1 is 1.14 bits per heavy atom. The van der Waals surface area contributed by atoms with Gasteiger partial charge in [0, 0.05) is 10.4 Å². The Morgan fingerprint density at radius 3 is 1.14 bits per heavy atom. The molecule has 0 aliphatic carbocycles. The van der Waals surface area contributed by atoms with E-state index in [1.807, 2.05) is 0 Å². The summed E-state index contributed by atoms with van der Waals surface area (Å²) in [4.78, 5) is 0. The summed E-state index contributed by atoms with van der Waals surface area (Å²) in [6.45, 7) is 0. The summed E-state index contributed by atoms with van der Waals surface area (Å²) < 4.78 is 34.1. The van der Waals surface area contributed by atoms with Gasteiger partial charge < -0.3 is 9.11 Å². The van der Waals surface area contributed by atoms with Crippen LogP contribution in [0.15, 0.2) is 0 Å². The molecule has 0 radical (unpaired) electrons. The summed E-state index contributed by atoms with van der Waals surface area (Å²) in [5.41, 5.74) is 0. The largest absolute Gasteiger partial charge is 1.00 e. The summed E-state index contributed by atoms with van der Waals surface area (Å²) >= 11 is 0. The standard InChI is InChI=1S/Ag.Cu.H2O4S/c;;1-5(2,3)4/h;;(H2,1,2,3,4)/q2*+1;/p-2. The van der Waals surface area contributed by atoms with Crippen molar-refractivity contribution in [2.75, 3.05) is 0 Å². The molecule has 52 valence electrons. The molecule has 0 heterocycles. The van der Waals surface area contributed by atoms with Gasteiger partial charge in [-0.2, -0.15) is 0 Å². The summed E-state index contributed by atoms with van der Waals surface area (Å²) in [5, 5.41) is 0. The van der Waals surface area contributed by atoms with E-state index >= 15 is 0 Å². The molecule has 0 rings (SSSR count). The van der Waals surface area contributed by atoms with Crippen LogP contribution in [0.25, 0.3) is 0 Å². The van der Waals surface area contributed by atoms with Crippen molar-refractivity contribution in [3.8, 4) is 0 Å².